The lowest BCUT2D eigenvalue weighted by Crippen LogP contribution is -2.46. The quantitative estimate of drug-likeness (QED) is 0.700. The lowest BCUT2D eigenvalue weighted by molar-refractivity contribution is 0.0638. The molecule has 4 rings (SSSR count). The minimum absolute atomic E-state index is 0.0196. The van der Waals surface area contributed by atoms with Gasteiger partial charge in [0.15, 0.2) is 5.69 Å². The van der Waals surface area contributed by atoms with E-state index in [9.17, 15) is 19.1 Å². The van der Waals surface area contributed by atoms with Crippen LogP contribution >= 0.6 is 0 Å². The molecule has 0 bridgehead atoms. The molecule has 6 nitrogen and oxygen atoms in total. The van der Waals surface area contributed by atoms with Crippen molar-refractivity contribution in [2.45, 2.75) is 39.8 Å². The highest BCUT2D eigenvalue weighted by atomic mass is 19.1. The molecule has 0 aliphatic carbocycles. The zero-order chi connectivity index (χ0) is 22.3. The number of aromatic nitrogens is 2. The maximum atomic E-state index is 14.2. The minimum atomic E-state index is -0.820. The smallest absolute Gasteiger partial charge is 0.315 e. The number of carbonyl (C=O) groups excluding carboxylic acids is 1. The molecule has 3 aromatic rings. The molecule has 1 aromatic heterocycles. The monoisotopic (exact) mass is 421 g/mol. The molecule has 0 spiro atoms. The summed E-state index contributed by atoms with van der Waals surface area (Å²) in [6.07, 6.45) is 0.267. The first-order valence-electron chi connectivity index (χ1n) is 10.3. The van der Waals surface area contributed by atoms with Gasteiger partial charge in [-0.05, 0) is 49.1 Å². The van der Waals surface area contributed by atoms with Crippen LogP contribution in [0.4, 0.5) is 4.39 Å². The average molecular weight is 421 g/mol. The Balaban J connectivity index is 1.81. The number of amides is 1. The maximum absolute atomic E-state index is 14.2. The molecule has 1 N–H and O–H groups in total. The van der Waals surface area contributed by atoms with E-state index in [2.05, 4.69) is 4.98 Å². The van der Waals surface area contributed by atoms with Crippen molar-refractivity contribution >= 4 is 5.91 Å². The number of aryl methyl sites for hydroxylation is 1. The van der Waals surface area contributed by atoms with Crippen LogP contribution in [0.1, 0.15) is 41.3 Å². The third-order valence-corrected chi connectivity index (χ3v) is 5.74. The van der Waals surface area contributed by atoms with Crippen LogP contribution < -0.4 is 5.56 Å². The average Bonchev–Trinajstić information content (AvgIpc) is 2.74. The van der Waals surface area contributed by atoms with Crippen molar-refractivity contribution in [3.05, 3.63) is 81.3 Å². The van der Waals surface area contributed by atoms with Gasteiger partial charge in [0.25, 0.3) is 5.91 Å². The molecular weight excluding hydrogens is 397 g/mol. The van der Waals surface area contributed by atoms with Gasteiger partial charge in [-0.1, -0.05) is 36.4 Å². The molecule has 0 radical (unpaired) electrons. The summed E-state index contributed by atoms with van der Waals surface area (Å²) in [7, 11) is 0. The Morgan fingerprint density at radius 2 is 1.87 bits per heavy atom. The van der Waals surface area contributed by atoms with Crippen LogP contribution in [-0.4, -0.2) is 38.1 Å². The predicted molar refractivity (Wildman–Crippen MR) is 116 cm³/mol. The first kappa shape index (κ1) is 20.8. The lowest BCUT2D eigenvalue weighted by atomic mass is 9.96. The van der Waals surface area contributed by atoms with Crippen molar-refractivity contribution in [2.24, 2.45) is 0 Å². The predicted octanol–water partition coefficient (Wildman–Crippen LogP) is 3.52. The molecule has 0 atom stereocenters. The lowest BCUT2D eigenvalue weighted by Gasteiger charge is -2.34. The zero-order valence-corrected chi connectivity index (χ0v) is 17.7. The zero-order valence-electron chi connectivity index (χ0n) is 17.7. The van der Waals surface area contributed by atoms with Gasteiger partial charge in [0.2, 0.25) is 5.75 Å². The summed E-state index contributed by atoms with van der Waals surface area (Å²) in [4.78, 5) is 31.0. The van der Waals surface area contributed by atoms with Crippen LogP contribution in [0.15, 0.2) is 47.3 Å². The number of aromatic hydroxyl groups is 1. The molecular formula is C24H24FN3O3. The Labute approximate surface area is 179 Å². The fraction of sp³-hybridized carbons (Fsp3) is 0.292. The van der Waals surface area contributed by atoms with Crippen LogP contribution in [-0.2, 0) is 13.0 Å². The normalized spacial score (nSPS) is 13.6. The van der Waals surface area contributed by atoms with Gasteiger partial charge >= 0.3 is 5.56 Å². The van der Waals surface area contributed by atoms with Crippen molar-refractivity contribution in [3.8, 4) is 16.9 Å². The van der Waals surface area contributed by atoms with E-state index in [1.54, 1.807) is 22.5 Å². The van der Waals surface area contributed by atoms with Crippen LogP contribution in [0.3, 0.4) is 0 Å². The van der Waals surface area contributed by atoms with Crippen LogP contribution in [0.2, 0.25) is 0 Å². The van der Waals surface area contributed by atoms with E-state index < -0.39 is 11.3 Å². The number of halogens is 1. The van der Waals surface area contributed by atoms with Crippen LogP contribution in [0.25, 0.3) is 11.1 Å². The van der Waals surface area contributed by atoms with E-state index in [-0.39, 0.29) is 29.9 Å². The van der Waals surface area contributed by atoms with Gasteiger partial charge in [-0.2, -0.15) is 4.98 Å². The molecule has 1 amide bonds. The van der Waals surface area contributed by atoms with Gasteiger partial charge in [-0.15, -0.1) is 0 Å². The van der Waals surface area contributed by atoms with E-state index in [4.69, 9.17) is 0 Å². The second kappa shape index (κ2) is 7.98. The first-order valence-corrected chi connectivity index (χ1v) is 10.3. The Morgan fingerprint density at radius 3 is 2.58 bits per heavy atom. The number of hydrogen-bond donors (Lipinski definition) is 1. The molecule has 2 aromatic carbocycles. The summed E-state index contributed by atoms with van der Waals surface area (Å²) in [5, 5.41) is 10.3. The molecule has 1 aliphatic rings. The molecule has 0 saturated heterocycles. The Kier molecular flexibility index (Phi) is 5.35. The summed E-state index contributed by atoms with van der Waals surface area (Å²) in [5.41, 5.74) is 2.12. The van der Waals surface area contributed by atoms with Gasteiger partial charge in [-0.25, -0.2) is 4.39 Å². The van der Waals surface area contributed by atoms with Crippen molar-refractivity contribution < 1.29 is 14.3 Å². The molecule has 1 aliphatic heterocycles. The number of fused-ring (bicyclic) bond motifs is 1. The topological polar surface area (TPSA) is 75.4 Å². The number of nitrogens with zero attached hydrogens (tertiary/aromatic N) is 3. The Bertz CT molecular complexity index is 1230. The van der Waals surface area contributed by atoms with E-state index in [1.165, 1.54) is 6.07 Å². The van der Waals surface area contributed by atoms with E-state index in [0.29, 0.717) is 24.5 Å². The highest BCUT2D eigenvalue weighted by molar-refractivity contribution is 5.95. The number of hydrogen-bond acceptors (Lipinski definition) is 4. The summed E-state index contributed by atoms with van der Waals surface area (Å²) >= 11 is 0. The summed E-state index contributed by atoms with van der Waals surface area (Å²) in [6, 6.07) is 12.5. The second-order valence-corrected chi connectivity index (χ2v) is 8.07. The largest absolute Gasteiger partial charge is 0.501 e. The molecule has 2 heterocycles. The molecule has 0 fully saturated rings. The first-order chi connectivity index (χ1) is 14.8. The van der Waals surface area contributed by atoms with Crippen molar-refractivity contribution in [1.29, 1.82) is 0 Å². The van der Waals surface area contributed by atoms with Gasteiger partial charge in [0, 0.05) is 25.6 Å². The fourth-order valence-corrected chi connectivity index (χ4v) is 4.01. The van der Waals surface area contributed by atoms with Crippen LogP contribution in [0, 0.1) is 12.7 Å². The SMILES string of the molecule is Cc1ccc(-c2ccccc2Cc2nc(=O)c(O)c3n2CCN(C(C)C)C3=O)cc1F. The summed E-state index contributed by atoms with van der Waals surface area (Å²) < 4.78 is 15.8. The van der Waals surface area contributed by atoms with Gasteiger partial charge in [-0.3, -0.25) is 9.59 Å². The van der Waals surface area contributed by atoms with Gasteiger partial charge in [0.1, 0.15) is 11.6 Å². The molecule has 160 valence electrons. The van der Waals surface area contributed by atoms with E-state index in [1.807, 2.05) is 44.2 Å². The Morgan fingerprint density at radius 1 is 1.13 bits per heavy atom. The van der Waals surface area contributed by atoms with Crippen molar-refractivity contribution in [2.75, 3.05) is 6.54 Å². The number of carbonyl (C=O) groups is 1. The standard InChI is InChI=1S/C24H24FN3O3/c1-14(2)27-10-11-28-20(26-23(30)22(29)21(28)24(27)31)13-16-6-4-5-7-18(16)17-9-8-15(3)19(25)12-17/h4-9,12,14,29H,10-11,13H2,1-3H3. The maximum Gasteiger partial charge on any atom is 0.315 e. The van der Waals surface area contributed by atoms with E-state index >= 15 is 0 Å². The third-order valence-electron chi connectivity index (χ3n) is 5.74. The third kappa shape index (κ3) is 3.71. The van der Waals surface area contributed by atoms with Crippen LogP contribution in [0.5, 0.6) is 5.75 Å². The Hall–Kier alpha value is -3.48. The van der Waals surface area contributed by atoms with Crippen molar-refractivity contribution in [1.82, 2.24) is 14.5 Å². The summed E-state index contributed by atoms with van der Waals surface area (Å²) in [6.45, 7) is 6.38. The number of rotatable bonds is 4. The molecule has 7 heteroatoms. The molecule has 0 unspecified atom stereocenters. The fourth-order valence-electron chi connectivity index (χ4n) is 4.01. The van der Waals surface area contributed by atoms with E-state index in [0.717, 1.165) is 16.7 Å². The second-order valence-electron chi connectivity index (χ2n) is 8.07. The highest BCUT2D eigenvalue weighted by Gasteiger charge is 2.32. The molecule has 0 saturated carbocycles. The summed E-state index contributed by atoms with van der Waals surface area (Å²) in [5.74, 6) is -0.890. The van der Waals surface area contributed by atoms with Crippen molar-refractivity contribution in [3.63, 3.8) is 0 Å². The van der Waals surface area contributed by atoms with Gasteiger partial charge in [0.05, 0.1) is 0 Å². The van der Waals surface area contributed by atoms with Gasteiger partial charge < -0.3 is 14.6 Å². The number of benzene rings is 2. The highest BCUT2D eigenvalue weighted by Crippen LogP contribution is 2.28. The minimum Gasteiger partial charge on any atom is -0.501 e. The molecule has 31 heavy (non-hydrogen) atoms.